The van der Waals surface area contributed by atoms with Gasteiger partial charge in [0.15, 0.2) is 0 Å². The summed E-state index contributed by atoms with van der Waals surface area (Å²) in [6, 6.07) is 10.3. The van der Waals surface area contributed by atoms with E-state index in [-0.39, 0.29) is 5.41 Å². The number of hydrogen-bond acceptors (Lipinski definition) is 1. The van der Waals surface area contributed by atoms with Crippen molar-refractivity contribution in [1.82, 2.24) is 5.32 Å². The van der Waals surface area contributed by atoms with Crippen LogP contribution in [0.4, 0.5) is 0 Å². The molecule has 1 aromatic carbocycles. The minimum absolute atomic E-state index is 0.240. The van der Waals surface area contributed by atoms with Crippen LogP contribution in [-0.2, 0) is 5.41 Å². The molecule has 0 radical (unpaired) electrons. The Balaban J connectivity index is 1.99. The van der Waals surface area contributed by atoms with Crippen molar-refractivity contribution in [3.05, 3.63) is 35.4 Å². The molecule has 1 aromatic rings. The molecule has 1 aliphatic rings. The van der Waals surface area contributed by atoms with Crippen LogP contribution in [0.3, 0.4) is 0 Å². The smallest absolute Gasteiger partial charge is 0.0294 e. The Morgan fingerprint density at radius 3 is 2.24 bits per heavy atom. The SMILES string of the molecule is CCC1CCC(NC(C)c2ccc(C(C)(C)C)cc2)C1C. The first-order valence-corrected chi connectivity index (χ1v) is 8.69. The van der Waals surface area contributed by atoms with E-state index in [1.54, 1.807) is 0 Å². The van der Waals surface area contributed by atoms with Gasteiger partial charge in [-0.3, -0.25) is 0 Å². The lowest BCUT2D eigenvalue weighted by Gasteiger charge is -2.26. The van der Waals surface area contributed by atoms with Crippen molar-refractivity contribution in [3.8, 4) is 0 Å². The van der Waals surface area contributed by atoms with Gasteiger partial charge in [0, 0.05) is 12.1 Å². The minimum Gasteiger partial charge on any atom is -0.307 e. The summed E-state index contributed by atoms with van der Waals surface area (Å²) in [6.07, 6.45) is 4.06. The molecule has 1 fully saturated rings. The molecule has 2 rings (SSSR count). The average Bonchev–Trinajstić information content (AvgIpc) is 2.79. The molecule has 0 saturated heterocycles. The Bertz CT molecular complexity index is 440. The van der Waals surface area contributed by atoms with E-state index in [2.05, 4.69) is 71.1 Å². The highest BCUT2D eigenvalue weighted by atomic mass is 15.0. The maximum absolute atomic E-state index is 3.87. The molecule has 1 saturated carbocycles. The molecule has 0 heterocycles. The van der Waals surface area contributed by atoms with E-state index in [4.69, 9.17) is 0 Å². The first-order valence-electron chi connectivity index (χ1n) is 8.69. The largest absolute Gasteiger partial charge is 0.307 e. The zero-order valence-electron chi connectivity index (χ0n) is 14.7. The van der Waals surface area contributed by atoms with Crippen LogP contribution < -0.4 is 5.32 Å². The van der Waals surface area contributed by atoms with Crippen LogP contribution in [0.5, 0.6) is 0 Å². The molecule has 118 valence electrons. The second kappa shape index (κ2) is 6.52. The van der Waals surface area contributed by atoms with Crippen molar-refractivity contribution in [1.29, 1.82) is 0 Å². The predicted molar refractivity (Wildman–Crippen MR) is 92.7 cm³/mol. The van der Waals surface area contributed by atoms with Crippen LogP contribution in [0.1, 0.15) is 78.0 Å². The normalized spacial score (nSPS) is 27.8. The monoisotopic (exact) mass is 287 g/mol. The van der Waals surface area contributed by atoms with E-state index >= 15 is 0 Å². The van der Waals surface area contributed by atoms with E-state index in [0.717, 1.165) is 11.8 Å². The quantitative estimate of drug-likeness (QED) is 0.775. The molecule has 1 N–H and O–H groups in total. The van der Waals surface area contributed by atoms with Gasteiger partial charge in [0.2, 0.25) is 0 Å². The third kappa shape index (κ3) is 3.88. The maximum atomic E-state index is 3.87. The second-order valence-corrected chi connectivity index (χ2v) is 7.97. The van der Waals surface area contributed by atoms with Crippen molar-refractivity contribution < 1.29 is 0 Å². The van der Waals surface area contributed by atoms with Crippen LogP contribution in [0.2, 0.25) is 0 Å². The fourth-order valence-electron chi connectivity index (χ4n) is 3.75. The summed E-state index contributed by atoms with van der Waals surface area (Å²) in [4.78, 5) is 0. The van der Waals surface area contributed by atoms with Gasteiger partial charge in [0.1, 0.15) is 0 Å². The standard InChI is InChI=1S/C20H33N/c1-7-16-10-13-19(14(16)2)21-15(3)17-8-11-18(12-9-17)20(4,5)6/h8-9,11-12,14-16,19,21H,7,10,13H2,1-6H3. The lowest BCUT2D eigenvalue weighted by atomic mass is 9.86. The van der Waals surface area contributed by atoms with Gasteiger partial charge in [-0.25, -0.2) is 0 Å². The highest BCUT2D eigenvalue weighted by molar-refractivity contribution is 5.29. The number of hydrogen-bond donors (Lipinski definition) is 1. The summed E-state index contributed by atoms with van der Waals surface area (Å²) in [5.41, 5.74) is 3.07. The van der Waals surface area contributed by atoms with E-state index in [0.29, 0.717) is 12.1 Å². The van der Waals surface area contributed by atoms with Gasteiger partial charge in [-0.05, 0) is 48.1 Å². The van der Waals surface area contributed by atoms with Gasteiger partial charge < -0.3 is 5.32 Å². The van der Waals surface area contributed by atoms with Crippen LogP contribution in [0.25, 0.3) is 0 Å². The fourth-order valence-corrected chi connectivity index (χ4v) is 3.75. The molecule has 4 atom stereocenters. The van der Waals surface area contributed by atoms with Gasteiger partial charge in [0.25, 0.3) is 0 Å². The lowest BCUT2D eigenvalue weighted by Crippen LogP contribution is -2.34. The number of benzene rings is 1. The average molecular weight is 287 g/mol. The Morgan fingerprint density at radius 2 is 1.76 bits per heavy atom. The highest BCUT2D eigenvalue weighted by Gasteiger charge is 2.32. The molecule has 21 heavy (non-hydrogen) atoms. The van der Waals surface area contributed by atoms with E-state index in [1.165, 1.54) is 30.4 Å². The molecule has 1 heteroatoms. The number of rotatable bonds is 4. The van der Waals surface area contributed by atoms with Crippen molar-refractivity contribution in [2.24, 2.45) is 11.8 Å². The van der Waals surface area contributed by atoms with Crippen LogP contribution >= 0.6 is 0 Å². The first kappa shape index (κ1) is 16.5. The topological polar surface area (TPSA) is 12.0 Å². The predicted octanol–water partition coefficient (Wildman–Crippen LogP) is 5.46. The van der Waals surface area contributed by atoms with Gasteiger partial charge in [-0.15, -0.1) is 0 Å². The van der Waals surface area contributed by atoms with E-state index < -0.39 is 0 Å². The molecule has 0 amide bonds. The van der Waals surface area contributed by atoms with E-state index in [1.807, 2.05) is 0 Å². The third-order valence-electron chi connectivity index (χ3n) is 5.49. The molecule has 1 aliphatic carbocycles. The Labute approximate surface area is 131 Å². The fraction of sp³-hybridized carbons (Fsp3) is 0.700. The molecule has 0 aliphatic heterocycles. The summed E-state index contributed by atoms with van der Waals surface area (Å²) < 4.78 is 0. The molecule has 0 spiro atoms. The van der Waals surface area contributed by atoms with Crippen molar-refractivity contribution in [2.45, 2.75) is 78.3 Å². The number of nitrogens with one attached hydrogen (secondary N) is 1. The Morgan fingerprint density at radius 1 is 1.14 bits per heavy atom. The molecule has 0 bridgehead atoms. The molecular weight excluding hydrogens is 254 g/mol. The second-order valence-electron chi connectivity index (χ2n) is 7.97. The van der Waals surface area contributed by atoms with Crippen molar-refractivity contribution in [2.75, 3.05) is 0 Å². The molecule has 0 aromatic heterocycles. The maximum Gasteiger partial charge on any atom is 0.0294 e. The van der Waals surface area contributed by atoms with Crippen LogP contribution in [-0.4, -0.2) is 6.04 Å². The van der Waals surface area contributed by atoms with Crippen LogP contribution in [0.15, 0.2) is 24.3 Å². The van der Waals surface area contributed by atoms with Gasteiger partial charge in [-0.2, -0.15) is 0 Å². The summed E-state index contributed by atoms with van der Waals surface area (Å²) in [7, 11) is 0. The summed E-state index contributed by atoms with van der Waals surface area (Å²) in [5, 5.41) is 3.87. The van der Waals surface area contributed by atoms with Gasteiger partial charge in [-0.1, -0.05) is 65.3 Å². The van der Waals surface area contributed by atoms with Crippen molar-refractivity contribution in [3.63, 3.8) is 0 Å². The van der Waals surface area contributed by atoms with Crippen LogP contribution in [0, 0.1) is 11.8 Å². The lowest BCUT2D eigenvalue weighted by molar-refractivity contribution is 0.327. The minimum atomic E-state index is 0.240. The zero-order valence-corrected chi connectivity index (χ0v) is 14.7. The molecule has 4 unspecified atom stereocenters. The first-order chi connectivity index (χ1) is 9.82. The summed E-state index contributed by atoms with van der Waals surface area (Å²) in [5.74, 6) is 1.73. The van der Waals surface area contributed by atoms with E-state index in [9.17, 15) is 0 Å². The third-order valence-corrected chi connectivity index (χ3v) is 5.49. The summed E-state index contributed by atoms with van der Waals surface area (Å²) >= 11 is 0. The molecular formula is C20H33N. The molecule has 1 nitrogen and oxygen atoms in total. The van der Waals surface area contributed by atoms with Gasteiger partial charge in [0.05, 0.1) is 0 Å². The van der Waals surface area contributed by atoms with Crippen molar-refractivity contribution >= 4 is 0 Å². The van der Waals surface area contributed by atoms with Gasteiger partial charge >= 0.3 is 0 Å². The Hall–Kier alpha value is -0.820. The Kier molecular flexibility index (Phi) is 5.14. The zero-order chi connectivity index (χ0) is 15.6. The summed E-state index contributed by atoms with van der Waals surface area (Å²) in [6.45, 7) is 13.9. The highest BCUT2D eigenvalue weighted by Crippen LogP contribution is 2.35.